The van der Waals surface area contributed by atoms with Gasteiger partial charge in [-0.05, 0) is 42.5 Å². The number of benzene rings is 2. The van der Waals surface area contributed by atoms with Crippen molar-refractivity contribution in [3.05, 3.63) is 66.4 Å². The quantitative estimate of drug-likeness (QED) is 0.560. The van der Waals surface area contributed by atoms with Crippen LogP contribution in [0.4, 0.5) is 0 Å². The molecule has 8 heteroatoms. The van der Waals surface area contributed by atoms with Gasteiger partial charge in [-0.25, -0.2) is 4.68 Å². The van der Waals surface area contributed by atoms with Crippen molar-refractivity contribution >= 4 is 18.3 Å². The highest BCUT2D eigenvalue weighted by Crippen LogP contribution is 2.26. The van der Waals surface area contributed by atoms with Crippen molar-refractivity contribution in [1.29, 1.82) is 0 Å². The summed E-state index contributed by atoms with van der Waals surface area (Å²) in [5.74, 6) is 0.519. The number of para-hydroxylation sites is 1. The van der Waals surface area contributed by atoms with E-state index in [0.717, 1.165) is 22.7 Å². The lowest BCUT2D eigenvalue weighted by molar-refractivity contribution is 0.0921. The Kier molecular flexibility index (Phi) is 7.10. The first-order valence-electron chi connectivity index (χ1n) is 9.62. The molecule has 1 aromatic heterocycles. The number of halogens is 1. The third-order valence-electron chi connectivity index (χ3n) is 5.16. The summed E-state index contributed by atoms with van der Waals surface area (Å²) in [6, 6.07) is 19.1. The number of methoxy groups -OCH3 is 1. The van der Waals surface area contributed by atoms with Gasteiger partial charge in [-0.2, -0.15) is 5.10 Å². The minimum absolute atomic E-state index is 0. The van der Waals surface area contributed by atoms with Gasteiger partial charge in [0, 0.05) is 31.1 Å². The van der Waals surface area contributed by atoms with Gasteiger partial charge in [-0.1, -0.05) is 18.2 Å². The first-order valence-corrected chi connectivity index (χ1v) is 9.62. The molecule has 0 bridgehead atoms. The van der Waals surface area contributed by atoms with Crippen molar-refractivity contribution < 1.29 is 14.6 Å². The molecule has 2 heterocycles. The van der Waals surface area contributed by atoms with E-state index in [-0.39, 0.29) is 24.2 Å². The second-order valence-electron chi connectivity index (χ2n) is 7.09. The number of rotatable bonds is 6. The molecule has 2 atom stereocenters. The van der Waals surface area contributed by atoms with Crippen LogP contribution in [0.25, 0.3) is 16.9 Å². The zero-order chi connectivity index (χ0) is 20.2. The Morgan fingerprint density at radius 1 is 1.20 bits per heavy atom. The van der Waals surface area contributed by atoms with Crippen LogP contribution in [-0.2, 0) is 0 Å². The summed E-state index contributed by atoms with van der Waals surface area (Å²) in [5, 5.41) is 20.5. The normalized spacial score (nSPS) is 17.9. The van der Waals surface area contributed by atoms with Crippen LogP contribution in [0.15, 0.2) is 60.7 Å². The fraction of sp³-hybridized carbons (Fsp3) is 0.273. The standard InChI is InChI=1S/C22H24N4O3.ClH/c1-29-18-9-7-15(8-10-18)20-11-19(25-26(20)17-5-3-2-4-6-17)22(28)24-13-16-12-23-14-21(16)27;/h2-11,16,21,23,27H,12-14H2,1H3,(H,24,28);1H. The maximum Gasteiger partial charge on any atom is 0.271 e. The van der Waals surface area contributed by atoms with Gasteiger partial charge in [0.05, 0.1) is 24.6 Å². The van der Waals surface area contributed by atoms with E-state index in [9.17, 15) is 9.90 Å². The average molecular weight is 429 g/mol. The minimum Gasteiger partial charge on any atom is -0.497 e. The third-order valence-corrected chi connectivity index (χ3v) is 5.16. The molecule has 0 radical (unpaired) electrons. The number of nitrogens with zero attached hydrogens (tertiary/aromatic N) is 2. The molecule has 1 aliphatic rings. The van der Waals surface area contributed by atoms with E-state index in [1.165, 1.54) is 0 Å². The topological polar surface area (TPSA) is 88.4 Å². The molecule has 1 amide bonds. The Morgan fingerprint density at radius 3 is 2.57 bits per heavy atom. The monoisotopic (exact) mass is 428 g/mol. The molecule has 0 saturated carbocycles. The van der Waals surface area contributed by atoms with Crippen molar-refractivity contribution in [2.45, 2.75) is 6.10 Å². The number of amides is 1. The van der Waals surface area contributed by atoms with Crippen molar-refractivity contribution in [2.75, 3.05) is 26.7 Å². The zero-order valence-corrected chi connectivity index (χ0v) is 17.4. The lowest BCUT2D eigenvalue weighted by atomic mass is 10.1. The fourth-order valence-electron chi connectivity index (χ4n) is 3.47. The van der Waals surface area contributed by atoms with E-state index in [1.807, 2.05) is 54.6 Å². The molecule has 1 aliphatic heterocycles. The number of nitrogens with one attached hydrogen (secondary N) is 2. The number of β-amino-alcohol motifs (C(OH)–C–C–N with tert-alkyl or cyclic N) is 1. The van der Waals surface area contributed by atoms with Gasteiger partial charge in [0.25, 0.3) is 5.91 Å². The van der Waals surface area contributed by atoms with Gasteiger partial charge in [-0.15, -0.1) is 12.4 Å². The zero-order valence-electron chi connectivity index (χ0n) is 16.6. The Bertz CT molecular complexity index is 976. The van der Waals surface area contributed by atoms with Gasteiger partial charge < -0.3 is 20.5 Å². The average Bonchev–Trinajstić information content (AvgIpc) is 3.39. The van der Waals surface area contributed by atoms with Crippen molar-refractivity contribution in [1.82, 2.24) is 20.4 Å². The van der Waals surface area contributed by atoms with Gasteiger partial charge >= 0.3 is 0 Å². The number of carbonyl (C=O) groups is 1. The summed E-state index contributed by atoms with van der Waals surface area (Å²) in [5.41, 5.74) is 2.94. The van der Waals surface area contributed by atoms with E-state index in [0.29, 0.717) is 25.3 Å². The second-order valence-corrected chi connectivity index (χ2v) is 7.09. The summed E-state index contributed by atoms with van der Waals surface area (Å²) in [6.07, 6.45) is -0.438. The summed E-state index contributed by atoms with van der Waals surface area (Å²) in [4.78, 5) is 12.7. The van der Waals surface area contributed by atoms with Crippen LogP contribution in [0.2, 0.25) is 0 Å². The second kappa shape index (κ2) is 9.75. The highest BCUT2D eigenvalue weighted by atomic mass is 35.5. The Labute approximate surface area is 181 Å². The lowest BCUT2D eigenvalue weighted by Crippen LogP contribution is -2.34. The first kappa shape index (κ1) is 21.8. The van der Waals surface area contributed by atoms with Crippen molar-refractivity contribution in [2.24, 2.45) is 5.92 Å². The molecule has 30 heavy (non-hydrogen) atoms. The van der Waals surface area contributed by atoms with Crippen LogP contribution in [0.1, 0.15) is 10.5 Å². The summed E-state index contributed by atoms with van der Waals surface area (Å²) >= 11 is 0. The first-order chi connectivity index (χ1) is 14.2. The maximum atomic E-state index is 12.7. The van der Waals surface area contributed by atoms with Crippen molar-refractivity contribution in [3.63, 3.8) is 0 Å². The predicted octanol–water partition coefficient (Wildman–Crippen LogP) is 2.28. The van der Waals surface area contributed by atoms with Crippen LogP contribution in [-0.4, -0.2) is 53.6 Å². The Morgan fingerprint density at radius 2 is 1.93 bits per heavy atom. The molecule has 3 N–H and O–H groups in total. The molecule has 4 rings (SSSR count). The predicted molar refractivity (Wildman–Crippen MR) is 117 cm³/mol. The van der Waals surface area contributed by atoms with Gasteiger partial charge in [0.1, 0.15) is 5.75 Å². The minimum atomic E-state index is -0.438. The van der Waals surface area contributed by atoms with E-state index in [2.05, 4.69) is 15.7 Å². The molecule has 0 spiro atoms. The largest absolute Gasteiger partial charge is 0.497 e. The van der Waals surface area contributed by atoms with Crippen LogP contribution >= 0.6 is 12.4 Å². The number of hydrogen-bond acceptors (Lipinski definition) is 5. The molecule has 1 fully saturated rings. The molecule has 3 aromatic rings. The molecular formula is C22H25ClN4O3. The molecule has 2 unspecified atom stereocenters. The SMILES string of the molecule is COc1ccc(-c2cc(C(=O)NCC3CNCC3O)nn2-c2ccccc2)cc1.Cl. The number of aliphatic hydroxyl groups is 1. The van der Waals surface area contributed by atoms with Crippen LogP contribution < -0.4 is 15.4 Å². The highest BCUT2D eigenvalue weighted by molar-refractivity contribution is 5.93. The number of aliphatic hydroxyl groups excluding tert-OH is 1. The summed E-state index contributed by atoms with van der Waals surface area (Å²) in [7, 11) is 1.63. The molecule has 0 aliphatic carbocycles. The smallest absolute Gasteiger partial charge is 0.271 e. The van der Waals surface area contributed by atoms with Crippen LogP contribution in [0.5, 0.6) is 5.75 Å². The fourth-order valence-corrected chi connectivity index (χ4v) is 3.47. The Balaban J connectivity index is 0.00000256. The Hall–Kier alpha value is -2.87. The van der Waals surface area contributed by atoms with E-state index in [1.54, 1.807) is 17.9 Å². The maximum absolute atomic E-state index is 12.7. The lowest BCUT2D eigenvalue weighted by Gasteiger charge is -2.13. The number of hydrogen-bond donors (Lipinski definition) is 3. The van der Waals surface area contributed by atoms with E-state index in [4.69, 9.17) is 4.74 Å². The molecular weight excluding hydrogens is 404 g/mol. The van der Waals surface area contributed by atoms with E-state index >= 15 is 0 Å². The van der Waals surface area contributed by atoms with Gasteiger partial charge in [-0.3, -0.25) is 4.79 Å². The number of ether oxygens (including phenoxy) is 1. The third kappa shape index (κ3) is 4.64. The molecule has 2 aromatic carbocycles. The van der Waals surface area contributed by atoms with Crippen molar-refractivity contribution in [3.8, 4) is 22.7 Å². The van der Waals surface area contributed by atoms with Crippen LogP contribution in [0.3, 0.4) is 0 Å². The number of aromatic nitrogens is 2. The highest BCUT2D eigenvalue weighted by Gasteiger charge is 2.26. The molecule has 1 saturated heterocycles. The molecule has 158 valence electrons. The van der Waals surface area contributed by atoms with Gasteiger partial charge in [0.2, 0.25) is 0 Å². The molecule has 7 nitrogen and oxygen atoms in total. The van der Waals surface area contributed by atoms with E-state index < -0.39 is 6.10 Å². The summed E-state index contributed by atoms with van der Waals surface area (Å²) in [6.45, 7) is 1.66. The number of carbonyl (C=O) groups excluding carboxylic acids is 1. The summed E-state index contributed by atoms with van der Waals surface area (Å²) < 4.78 is 7.01. The van der Waals surface area contributed by atoms with Gasteiger partial charge in [0.15, 0.2) is 5.69 Å². The van der Waals surface area contributed by atoms with Crippen LogP contribution in [0, 0.1) is 5.92 Å².